The number of hydroxylamine groups is 1. The molecule has 0 unspecified atom stereocenters. The number of hydrogen-bond donors (Lipinski definition) is 2. The molecule has 2 aromatic rings. The average molecular weight is 458 g/mol. The maximum absolute atomic E-state index is 14.5. The summed E-state index contributed by atoms with van der Waals surface area (Å²) < 4.78 is 35.9. The fraction of sp³-hybridized carbons (Fsp3) is 0.250. The van der Waals surface area contributed by atoms with Crippen molar-refractivity contribution in [2.24, 2.45) is 0 Å². The van der Waals surface area contributed by atoms with Gasteiger partial charge in [-0.05, 0) is 55.4 Å². The molecule has 2 rings (SSSR count). The van der Waals surface area contributed by atoms with Gasteiger partial charge < -0.3 is 9.64 Å². The van der Waals surface area contributed by atoms with Gasteiger partial charge in [0, 0.05) is 29.6 Å². The first-order chi connectivity index (χ1) is 14.3. The Kier molecular flexibility index (Phi) is 9.54. The van der Waals surface area contributed by atoms with Crippen LogP contribution in [0.25, 0.3) is 0 Å². The lowest BCUT2D eigenvalue weighted by atomic mass is 10.3. The lowest BCUT2D eigenvalue weighted by Gasteiger charge is -2.23. The zero-order valence-corrected chi connectivity index (χ0v) is 17.8. The predicted octanol–water partition coefficient (Wildman–Crippen LogP) is 4.34. The van der Waals surface area contributed by atoms with Crippen molar-refractivity contribution in [3.8, 4) is 11.5 Å². The fourth-order valence-electron chi connectivity index (χ4n) is 2.40. The minimum Gasteiger partial charge on any atom is -0.451 e. The Morgan fingerprint density at radius 2 is 1.90 bits per heavy atom. The number of halogens is 3. The zero-order chi connectivity index (χ0) is 22.1. The number of nitrogens with zero attached hydrogens (tertiary/aromatic N) is 2. The minimum absolute atomic E-state index is 0.171. The van der Waals surface area contributed by atoms with Gasteiger partial charge >= 0.3 is 0 Å². The molecule has 162 valence electrons. The minimum atomic E-state index is -0.886. The Labute approximate surface area is 183 Å². The van der Waals surface area contributed by atoms with Crippen LogP contribution in [0.3, 0.4) is 0 Å². The highest BCUT2D eigenvalue weighted by Gasteiger charge is 2.18. The van der Waals surface area contributed by atoms with Crippen LogP contribution < -0.4 is 10.2 Å². The predicted molar refractivity (Wildman–Crippen MR) is 113 cm³/mol. The van der Waals surface area contributed by atoms with Crippen molar-refractivity contribution >= 4 is 29.5 Å². The third-order valence-corrected chi connectivity index (χ3v) is 5.12. The first kappa shape index (κ1) is 24.1. The second kappa shape index (κ2) is 11.9. The van der Waals surface area contributed by atoms with E-state index in [1.165, 1.54) is 12.1 Å². The summed E-state index contributed by atoms with van der Waals surface area (Å²) in [6.45, 7) is 5.10. The van der Waals surface area contributed by atoms with Gasteiger partial charge in [-0.25, -0.2) is 18.6 Å². The molecule has 0 aliphatic carbocycles. The SMILES string of the molecule is C=CCN(C)CCN(CC(=O)NO)Sc1cc(F)c(Oc2ccc(Cl)cc2)c(F)c1. The monoisotopic (exact) mass is 457 g/mol. The number of amides is 1. The van der Waals surface area contributed by atoms with Crippen LogP contribution in [0, 0.1) is 11.6 Å². The molecular weight excluding hydrogens is 436 g/mol. The summed E-state index contributed by atoms with van der Waals surface area (Å²) in [6, 6.07) is 8.33. The number of likely N-dealkylation sites (N-methyl/N-ethyl adjacent to an activating group) is 1. The molecule has 0 saturated carbocycles. The summed E-state index contributed by atoms with van der Waals surface area (Å²) in [5, 5.41) is 9.26. The molecule has 0 atom stereocenters. The summed E-state index contributed by atoms with van der Waals surface area (Å²) in [5.41, 5.74) is 1.56. The maximum Gasteiger partial charge on any atom is 0.258 e. The summed E-state index contributed by atoms with van der Waals surface area (Å²) in [7, 11) is 1.87. The van der Waals surface area contributed by atoms with Crippen LogP contribution in [0.5, 0.6) is 11.5 Å². The molecule has 2 N–H and O–H groups in total. The van der Waals surface area contributed by atoms with E-state index in [-0.39, 0.29) is 17.2 Å². The normalized spacial score (nSPS) is 11.0. The van der Waals surface area contributed by atoms with E-state index in [0.29, 0.717) is 24.7 Å². The van der Waals surface area contributed by atoms with E-state index in [1.54, 1.807) is 28.0 Å². The van der Waals surface area contributed by atoms with E-state index in [0.717, 1.165) is 24.1 Å². The van der Waals surface area contributed by atoms with Gasteiger partial charge in [-0.1, -0.05) is 17.7 Å². The smallest absolute Gasteiger partial charge is 0.258 e. The Hall–Kier alpha value is -2.17. The highest BCUT2D eigenvalue weighted by atomic mass is 35.5. The van der Waals surface area contributed by atoms with E-state index in [2.05, 4.69) is 6.58 Å². The van der Waals surface area contributed by atoms with Crippen molar-refractivity contribution in [3.63, 3.8) is 0 Å². The van der Waals surface area contributed by atoms with E-state index in [9.17, 15) is 13.6 Å². The first-order valence-corrected chi connectivity index (χ1v) is 10.0. The summed E-state index contributed by atoms with van der Waals surface area (Å²) in [6.07, 6.45) is 1.74. The Morgan fingerprint density at radius 1 is 1.27 bits per heavy atom. The zero-order valence-electron chi connectivity index (χ0n) is 16.3. The average Bonchev–Trinajstić information content (AvgIpc) is 2.70. The van der Waals surface area contributed by atoms with Gasteiger partial charge in [-0.15, -0.1) is 6.58 Å². The van der Waals surface area contributed by atoms with Crippen molar-refractivity contribution in [1.82, 2.24) is 14.7 Å². The molecule has 0 aromatic heterocycles. The molecule has 2 aromatic carbocycles. The molecule has 30 heavy (non-hydrogen) atoms. The highest BCUT2D eigenvalue weighted by molar-refractivity contribution is 7.97. The lowest BCUT2D eigenvalue weighted by Crippen LogP contribution is -2.36. The number of ether oxygens (including phenoxy) is 1. The van der Waals surface area contributed by atoms with Gasteiger partial charge in [-0.3, -0.25) is 10.0 Å². The van der Waals surface area contributed by atoms with Gasteiger partial charge in [0.15, 0.2) is 17.4 Å². The van der Waals surface area contributed by atoms with Gasteiger partial charge in [0.25, 0.3) is 5.91 Å². The molecule has 0 aliphatic rings. The van der Waals surface area contributed by atoms with E-state index in [4.69, 9.17) is 21.5 Å². The Bertz CT molecular complexity index is 848. The summed E-state index contributed by atoms with van der Waals surface area (Å²) in [5.74, 6) is -2.71. The van der Waals surface area contributed by atoms with Crippen LogP contribution in [-0.4, -0.2) is 53.5 Å². The van der Waals surface area contributed by atoms with Crippen LogP contribution in [0.15, 0.2) is 53.9 Å². The standard InChI is InChI=1S/C20H22ClF2N3O3S/c1-3-8-25(2)9-10-26(13-19(27)24-28)30-16-11-17(22)20(18(23)12-16)29-15-6-4-14(21)5-7-15/h3-7,11-12,28H,1,8-10,13H2,2H3,(H,24,27). The molecule has 1 amide bonds. The van der Waals surface area contributed by atoms with Crippen LogP contribution >= 0.6 is 23.5 Å². The number of nitrogens with one attached hydrogen (secondary N) is 1. The van der Waals surface area contributed by atoms with Crippen LogP contribution in [0.4, 0.5) is 8.78 Å². The number of rotatable bonds is 11. The van der Waals surface area contributed by atoms with Crippen LogP contribution in [0.2, 0.25) is 5.02 Å². The molecule has 0 bridgehead atoms. The lowest BCUT2D eigenvalue weighted by molar-refractivity contribution is -0.129. The number of hydrogen-bond acceptors (Lipinski definition) is 6. The van der Waals surface area contributed by atoms with Crippen molar-refractivity contribution in [1.29, 1.82) is 0 Å². The highest BCUT2D eigenvalue weighted by Crippen LogP contribution is 2.33. The third-order valence-electron chi connectivity index (χ3n) is 3.86. The molecule has 0 radical (unpaired) electrons. The van der Waals surface area contributed by atoms with E-state index >= 15 is 0 Å². The Morgan fingerprint density at radius 3 is 2.47 bits per heavy atom. The Balaban J connectivity index is 2.13. The van der Waals surface area contributed by atoms with Gasteiger partial charge in [0.2, 0.25) is 0 Å². The van der Waals surface area contributed by atoms with E-state index in [1.807, 2.05) is 11.9 Å². The molecule has 0 fully saturated rings. The largest absolute Gasteiger partial charge is 0.451 e. The van der Waals surface area contributed by atoms with Crippen LogP contribution in [-0.2, 0) is 4.79 Å². The molecular formula is C20H22ClF2N3O3S. The maximum atomic E-state index is 14.5. The fourth-order valence-corrected chi connectivity index (χ4v) is 3.49. The number of carbonyl (C=O) groups excluding carboxylic acids is 1. The van der Waals surface area contributed by atoms with Crippen molar-refractivity contribution in [2.45, 2.75) is 4.90 Å². The molecule has 6 nitrogen and oxygen atoms in total. The van der Waals surface area contributed by atoms with Gasteiger partial charge in [-0.2, -0.15) is 0 Å². The summed E-state index contributed by atoms with van der Waals surface area (Å²) in [4.78, 5) is 13.8. The topological polar surface area (TPSA) is 65.0 Å². The molecule has 0 spiro atoms. The second-order valence-electron chi connectivity index (χ2n) is 6.31. The van der Waals surface area contributed by atoms with Crippen LogP contribution in [0.1, 0.15) is 0 Å². The molecule has 10 heteroatoms. The molecule has 0 heterocycles. The van der Waals surface area contributed by atoms with Gasteiger partial charge in [0.05, 0.1) is 6.54 Å². The summed E-state index contributed by atoms with van der Waals surface area (Å²) >= 11 is 6.79. The molecule has 0 saturated heterocycles. The van der Waals surface area contributed by atoms with Gasteiger partial charge in [0.1, 0.15) is 5.75 Å². The first-order valence-electron chi connectivity index (χ1n) is 8.90. The third kappa shape index (κ3) is 7.58. The van der Waals surface area contributed by atoms with Crippen molar-refractivity contribution in [2.75, 3.05) is 33.2 Å². The number of benzene rings is 2. The molecule has 0 aliphatic heterocycles. The number of carbonyl (C=O) groups is 1. The second-order valence-corrected chi connectivity index (χ2v) is 7.92. The van der Waals surface area contributed by atoms with Crippen molar-refractivity contribution in [3.05, 3.63) is 65.7 Å². The van der Waals surface area contributed by atoms with Crippen molar-refractivity contribution < 1.29 is 23.5 Å². The quantitative estimate of drug-likeness (QED) is 0.226. The van der Waals surface area contributed by atoms with E-state index < -0.39 is 23.3 Å².